The van der Waals surface area contributed by atoms with Gasteiger partial charge in [-0.15, -0.1) is 0 Å². The first-order valence-corrected chi connectivity index (χ1v) is 2.88. The van der Waals surface area contributed by atoms with E-state index in [0.29, 0.717) is 5.41 Å². The Balaban J connectivity index is 3.39. The van der Waals surface area contributed by atoms with Crippen LogP contribution in [0.25, 0.3) is 0 Å². The van der Waals surface area contributed by atoms with Crippen molar-refractivity contribution in [3.05, 3.63) is 0 Å². The van der Waals surface area contributed by atoms with Crippen LogP contribution < -0.4 is 5.84 Å². The minimum atomic E-state index is 0.323. The van der Waals surface area contributed by atoms with Crippen LogP contribution in [0.5, 0.6) is 0 Å². The molecule has 0 aliphatic rings. The molecule has 0 aromatic rings. The lowest BCUT2D eigenvalue weighted by atomic mass is 9.97. The van der Waals surface area contributed by atoms with Gasteiger partial charge in [0.25, 0.3) is 0 Å². The topological polar surface area (TPSA) is 29.3 Å². The lowest BCUT2D eigenvalue weighted by Gasteiger charge is -2.22. The fourth-order valence-electron chi connectivity index (χ4n) is 0.748. The SMILES string of the molecule is CN(N)CC(C)(C)C. The van der Waals surface area contributed by atoms with Gasteiger partial charge >= 0.3 is 0 Å². The Labute approximate surface area is 51.6 Å². The second-order valence-electron chi connectivity index (χ2n) is 3.48. The molecule has 0 fully saturated rings. The van der Waals surface area contributed by atoms with Crippen LogP contribution in [0.1, 0.15) is 20.8 Å². The molecule has 2 nitrogen and oxygen atoms in total. The Morgan fingerprint density at radius 3 is 1.75 bits per heavy atom. The largest absolute Gasteiger partial charge is 0.269 e. The molecule has 0 heterocycles. The quantitative estimate of drug-likeness (QED) is 0.406. The molecule has 50 valence electrons. The third kappa shape index (κ3) is 5.92. The van der Waals surface area contributed by atoms with E-state index in [-0.39, 0.29) is 0 Å². The van der Waals surface area contributed by atoms with Gasteiger partial charge in [-0.2, -0.15) is 0 Å². The average molecular weight is 116 g/mol. The van der Waals surface area contributed by atoms with Gasteiger partial charge < -0.3 is 0 Å². The number of rotatable bonds is 1. The van der Waals surface area contributed by atoms with Gasteiger partial charge in [0.1, 0.15) is 0 Å². The minimum Gasteiger partial charge on any atom is -0.269 e. The van der Waals surface area contributed by atoms with Gasteiger partial charge in [0.15, 0.2) is 0 Å². The zero-order chi connectivity index (χ0) is 6.78. The molecule has 2 N–H and O–H groups in total. The second-order valence-corrected chi connectivity index (χ2v) is 3.48. The van der Waals surface area contributed by atoms with E-state index < -0.39 is 0 Å². The van der Waals surface area contributed by atoms with Gasteiger partial charge in [0.05, 0.1) is 0 Å². The number of hydrogen-bond acceptors (Lipinski definition) is 2. The highest BCUT2D eigenvalue weighted by molar-refractivity contribution is 4.62. The van der Waals surface area contributed by atoms with Crippen molar-refractivity contribution in [2.45, 2.75) is 20.8 Å². The van der Waals surface area contributed by atoms with Crippen LogP contribution >= 0.6 is 0 Å². The number of nitrogens with zero attached hydrogens (tertiary/aromatic N) is 1. The summed E-state index contributed by atoms with van der Waals surface area (Å²) < 4.78 is 0. The number of nitrogens with two attached hydrogens (primary N) is 1. The van der Waals surface area contributed by atoms with E-state index in [1.807, 2.05) is 7.05 Å². The Morgan fingerprint density at radius 2 is 1.75 bits per heavy atom. The minimum absolute atomic E-state index is 0.323. The molecule has 0 spiro atoms. The number of hydrogen-bond donors (Lipinski definition) is 1. The summed E-state index contributed by atoms with van der Waals surface area (Å²) >= 11 is 0. The molecule has 0 saturated carbocycles. The van der Waals surface area contributed by atoms with Crippen molar-refractivity contribution in [2.24, 2.45) is 11.3 Å². The van der Waals surface area contributed by atoms with Gasteiger partial charge in [-0.1, -0.05) is 20.8 Å². The molecule has 0 atom stereocenters. The van der Waals surface area contributed by atoms with Crippen molar-refractivity contribution in [3.8, 4) is 0 Å². The van der Waals surface area contributed by atoms with Crippen LogP contribution in [0.3, 0.4) is 0 Å². The maximum Gasteiger partial charge on any atom is 0.0174 e. The lowest BCUT2D eigenvalue weighted by Crippen LogP contribution is -2.34. The molecule has 0 aromatic carbocycles. The van der Waals surface area contributed by atoms with Crippen molar-refractivity contribution in [1.82, 2.24) is 5.01 Å². The molecule has 0 aromatic heterocycles. The third-order valence-corrected chi connectivity index (χ3v) is 0.724. The van der Waals surface area contributed by atoms with Gasteiger partial charge in [-0.3, -0.25) is 5.84 Å². The highest BCUT2D eigenvalue weighted by atomic mass is 15.4. The second kappa shape index (κ2) is 2.46. The average Bonchev–Trinajstić information content (AvgIpc) is 1.21. The third-order valence-electron chi connectivity index (χ3n) is 0.724. The smallest absolute Gasteiger partial charge is 0.0174 e. The van der Waals surface area contributed by atoms with E-state index in [2.05, 4.69) is 20.8 Å². The molecule has 0 unspecified atom stereocenters. The molecule has 0 rings (SSSR count). The van der Waals surface area contributed by atoms with Gasteiger partial charge in [0, 0.05) is 13.6 Å². The number of hydrazine groups is 1. The molecule has 2 heteroatoms. The predicted octanol–water partition coefficient (Wildman–Crippen LogP) is 0.838. The van der Waals surface area contributed by atoms with Crippen molar-refractivity contribution < 1.29 is 0 Å². The van der Waals surface area contributed by atoms with Crippen molar-refractivity contribution in [3.63, 3.8) is 0 Å². The predicted molar refractivity (Wildman–Crippen MR) is 36.3 cm³/mol. The molecule has 8 heavy (non-hydrogen) atoms. The van der Waals surface area contributed by atoms with Gasteiger partial charge in [0.2, 0.25) is 0 Å². The van der Waals surface area contributed by atoms with E-state index >= 15 is 0 Å². The zero-order valence-corrected chi connectivity index (χ0v) is 6.23. The highest BCUT2D eigenvalue weighted by Crippen LogP contribution is 2.11. The summed E-state index contributed by atoms with van der Waals surface area (Å²) in [5.41, 5.74) is 0.323. The van der Waals surface area contributed by atoms with E-state index in [1.54, 1.807) is 5.01 Å². The Bertz CT molecular complexity index is 61.4. The van der Waals surface area contributed by atoms with E-state index in [1.165, 1.54) is 0 Å². The molecule has 0 saturated heterocycles. The summed E-state index contributed by atoms with van der Waals surface area (Å²) in [4.78, 5) is 0. The summed E-state index contributed by atoms with van der Waals surface area (Å²) in [7, 11) is 1.88. The van der Waals surface area contributed by atoms with Crippen molar-refractivity contribution >= 4 is 0 Å². The fourth-order valence-corrected chi connectivity index (χ4v) is 0.748. The van der Waals surface area contributed by atoms with Crippen LogP contribution in [-0.2, 0) is 0 Å². The maximum absolute atomic E-state index is 5.41. The van der Waals surface area contributed by atoms with Crippen LogP contribution in [0.15, 0.2) is 0 Å². The van der Waals surface area contributed by atoms with Crippen molar-refractivity contribution in [1.29, 1.82) is 0 Å². The van der Waals surface area contributed by atoms with E-state index in [9.17, 15) is 0 Å². The first-order valence-electron chi connectivity index (χ1n) is 2.88. The molecule has 0 aliphatic heterocycles. The monoisotopic (exact) mass is 116 g/mol. The van der Waals surface area contributed by atoms with Crippen LogP contribution in [0.2, 0.25) is 0 Å². The van der Waals surface area contributed by atoms with Crippen LogP contribution in [0, 0.1) is 5.41 Å². The molecular formula is C6H16N2. The maximum atomic E-state index is 5.41. The van der Waals surface area contributed by atoms with E-state index in [0.717, 1.165) is 6.54 Å². The summed E-state index contributed by atoms with van der Waals surface area (Å²) in [6, 6.07) is 0. The molecule has 0 radical (unpaired) electrons. The van der Waals surface area contributed by atoms with Gasteiger partial charge in [-0.05, 0) is 5.41 Å². The Kier molecular flexibility index (Phi) is 2.44. The first kappa shape index (κ1) is 7.92. The molecule has 0 amide bonds. The van der Waals surface area contributed by atoms with Gasteiger partial charge in [-0.25, -0.2) is 5.01 Å². The van der Waals surface area contributed by atoms with Crippen molar-refractivity contribution in [2.75, 3.05) is 13.6 Å². The van der Waals surface area contributed by atoms with E-state index in [4.69, 9.17) is 5.84 Å². The Morgan fingerprint density at radius 1 is 1.38 bits per heavy atom. The molecular weight excluding hydrogens is 100 g/mol. The first-order chi connectivity index (χ1) is 3.42. The fraction of sp³-hybridized carbons (Fsp3) is 1.00. The Hall–Kier alpha value is -0.0800. The normalized spacial score (nSPS) is 12.8. The molecule has 0 bridgehead atoms. The standard InChI is InChI=1S/C6H16N2/c1-6(2,3)5-8(4)7/h5,7H2,1-4H3. The lowest BCUT2D eigenvalue weighted by molar-refractivity contribution is 0.232. The van der Waals surface area contributed by atoms with Crippen LogP contribution in [-0.4, -0.2) is 18.6 Å². The highest BCUT2D eigenvalue weighted by Gasteiger charge is 2.10. The van der Waals surface area contributed by atoms with Crippen LogP contribution in [0.4, 0.5) is 0 Å². The summed E-state index contributed by atoms with van der Waals surface area (Å²) in [6.45, 7) is 7.43. The summed E-state index contributed by atoms with van der Waals surface area (Å²) in [5.74, 6) is 5.41. The zero-order valence-electron chi connectivity index (χ0n) is 6.23. The molecule has 0 aliphatic carbocycles. The summed E-state index contributed by atoms with van der Waals surface area (Å²) in [6.07, 6.45) is 0. The summed E-state index contributed by atoms with van der Waals surface area (Å²) in [5, 5.41) is 1.71.